The van der Waals surface area contributed by atoms with Gasteiger partial charge >= 0.3 is 0 Å². The topological polar surface area (TPSA) is 89.5 Å². The average Bonchev–Trinajstić information content (AvgIpc) is 2.86. The highest BCUT2D eigenvalue weighted by Crippen LogP contribution is 2.41. The molecule has 0 saturated heterocycles. The van der Waals surface area contributed by atoms with Gasteiger partial charge in [0.2, 0.25) is 11.7 Å². The fraction of sp³-hybridized carbons (Fsp3) is 0.300. The maximum absolute atomic E-state index is 12.6. The largest absolute Gasteiger partial charge is 0.492 e. The van der Waals surface area contributed by atoms with E-state index < -0.39 is 17.6 Å². The molecular weight excluding hydrogens is 366 g/mol. The lowest BCUT2D eigenvalue weighted by atomic mass is 9.88. The Morgan fingerprint density at radius 2 is 2.00 bits per heavy atom. The number of fused-ring (bicyclic) bond motifs is 3. The third-order valence-electron chi connectivity index (χ3n) is 4.67. The van der Waals surface area contributed by atoms with Crippen molar-refractivity contribution in [2.45, 2.75) is 30.7 Å². The van der Waals surface area contributed by atoms with Gasteiger partial charge in [-0.2, -0.15) is 0 Å². The van der Waals surface area contributed by atoms with Crippen LogP contribution in [0.25, 0.3) is 5.57 Å². The Bertz CT molecular complexity index is 977. The van der Waals surface area contributed by atoms with Gasteiger partial charge in [0, 0.05) is 12.5 Å². The first-order valence-electron chi connectivity index (χ1n) is 8.45. The summed E-state index contributed by atoms with van der Waals surface area (Å²) in [5.41, 5.74) is 2.27. The molecule has 0 bridgehead atoms. The summed E-state index contributed by atoms with van der Waals surface area (Å²) in [5, 5.41) is 2.88. The fourth-order valence-electron chi connectivity index (χ4n) is 3.52. The zero-order chi connectivity index (χ0) is 19.7. The number of carbonyl (C=O) groups excluding carboxylic acids is 3. The van der Waals surface area contributed by atoms with Crippen molar-refractivity contribution in [3.63, 3.8) is 0 Å². The van der Waals surface area contributed by atoms with Crippen molar-refractivity contribution in [1.29, 1.82) is 0 Å². The summed E-state index contributed by atoms with van der Waals surface area (Å²) in [6.07, 6.45) is 4.11. The molecular formula is C20H19NO5S. The molecule has 0 heterocycles. The second-order valence-electron chi connectivity index (χ2n) is 6.34. The van der Waals surface area contributed by atoms with E-state index in [9.17, 15) is 19.2 Å². The van der Waals surface area contributed by atoms with E-state index in [1.165, 1.54) is 37.9 Å². The number of carbonyl (C=O) groups is 3. The third kappa shape index (κ3) is 3.47. The number of nitrogens with one attached hydrogen (secondary N) is 1. The van der Waals surface area contributed by atoms with Gasteiger partial charge in [0.15, 0.2) is 11.2 Å². The highest BCUT2D eigenvalue weighted by molar-refractivity contribution is 7.98. The van der Waals surface area contributed by atoms with E-state index in [4.69, 9.17) is 4.74 Å². The summed E-state index contributed by atoms with van der Waals surface area (Å²) in [7, 11) is 1.35. The van der Waals surface area contributed by atoms with Crippen LogP contribution >= 0.6 is 11.8 Å². The number of hydrogen-bond donors (Lipinski definition) is 1. The lowest BCUT2D eigenvalue weighted by Crippen LogP contribution is -2.26. The van der Waals surface area contributed by atoms with Gasteiger partial charge in [-0.15, -0.1) is 11.8 Å². The molecule has 0 spiro atoms. The van der Waals surface area contributed by atoms with Crippen LogP contribution in [0, 0.1) is 0 Å². The minimum Gasteiger partial charge on any atom is -0.492 e. The number of rotatable bonds is 3. The highest BCUT2D eigenvalue weighted by atomic mass is 32.2. The number of Topliss-reactive ketones (excluding diaryl/α,β-unsaturated/α-hetero) is 1. The molecule has 0 unspecified atom stereocenters. The molecule has 1 N–H and O–H groups in total. The monoisotopic (exact) mass is 385 g/mol. The summed E-state index contributed by atoms with van der Waals surface area (Å²) < 4.78 is 5.29. The molecule has 3 rings (SSSR count). The normalized spacial score (nSPS) is 18.9. The minimum absolute atomic E-state index is 0.0217. The van der Waals surface area contributed by atoms with Gasteiger partial charge in [-0.3, -0.25) is 19.2 Å². The predicted octanol–water partition coefficient (Wildman–Crippen LogP) is 2.18. The zero-order valence-electron chi connectivity index (χ0n) is 15.3. The van der Waals surface area contributed by atoms with Crippen molar-refractivity contribution in [3.05, 3.63) is 57.0 Å². The number of methoxy groups -OCH3 is 1. The molecule has 1 atom stereocenters. The lowest BCUT2D eigenvalue weighted by Gasteiger charge is -2.19. The molecule has 2 aliphatic carbocycles. The average molecular weight is 385 g/mol. The van der Waals surface area contributed by atoms with Crippen molar-refractivity contribution < 1.29 is 19.1 Å². The molecule has 27 heavy (non-hydrogen) atoms. The lowest BCUT2D eigenvalue weighted by molar-refractivity contribution is -0.133. The molecule has 1 amide bonds. The van der Waals surface area contributed by atoms with E-state index in [0.29, 0.717) is 40.0 Å². The number of amides is 1. The molecule has 7 heteroatoms. The number of thioether (sulfide) groups is 1. The summed E-state index contributed by atoms with van der Waals surface area (Å²) in [6, 6.07) is 4.55. The van der Waals surface area contributed by atoms with Gasteiger partial charge in [0.25, 0.3) is 5.78 Å². The van der Waals surface area contributed by atoms with E-state index in [2.05, 4.69) is 5.32 Å². The van der Waals surface area contributed by atoms with Crippen molar-refractivity contribution in [3.8, 4) is 0 Å². The van der Waals surface area contributed by atoms with Crippen LogP contribution < -0.4 is 10.7 Å². The SMILES string of the molecule is COC1=C2C(=CC(=O)C1=O)CC[C@H](NC(C)=O)c1cc(=O)c(SC)ccc12. The molecule has 140 valence electrons. The molecule has 0 saturated carbocycles. The number of ketones is 2. The molecule has 2 aliphatic rings. The Kier molecular flexibility index (Phi) is 5.32. The van der Waals surface area contributed by atoms with Gasteiger partial charge in [0.05, 0.1) is 18.0 Å². The van der Waals surface area contributed by atoms with Gasteiger partial charge in [-0.25, -0.2) is 0 Å². The first kappa shape index (κ1) is 19.1. The van der Waals surface area contributed by atoms with Gasteiger partial charge in [-0.05, 0) is 54.0 Å². The van der Waals surface area contributed by atoms with Crippen LogP contribution in [0.3, 0.4) is 0 Å². The standard InChI is InChI=1S/C20H19NO5S/c1-10(22)21-14-6-4-11-8-16(24)19(25)20(26-2)18(11)12-5-7-17(27-3)15(23)9-13(12)14/h5,7-9,14H,4,6H2,1-3H3,(H,21,22)/t14-/m0/s1. The Morgan fingerprint density at radius 3 is 2.63 bits per heavy atom. The molecule has 0 aromatic heterocycles. The van der Waals surface area contributed by atoms with Crippen molar-refractivity contribution in [2.75, 3.05) is 13.4 Å². The quantitative estimate of drug-likeness (QED) is 0.487. The summed E-state index contributed by atoms with van der Waals surface area (Å²) in [4.78, 5) is 49.2. The number of allylic oxidation sites excluding steroid dienone is 4. The Balaban J connectivity index is 2.37. The second kappa shape index (κ2) is 7.52. The molecule has 0 radical (unpaired) electrons. The number of hydrogen-bond acceptors (Lipinski definition) is 6. The van der Waals surface area contributed by atoms with E-state index in [1.807, 2.05) is 0 Å². The van der Waals surface area contributed by atoms with Crippen LogP contribution in [-0.2, 0) is 19.1 Å². The Labute approximate surface area is 160 Å². The van der Waals surface area contributed by atoms with E-state index in [-0.39, 0.29) is 17.1 Å². The van der Waals surface area contributed by atoms with Crippen LogP contribution in [0.4, 0.5) is 0 Å². The maximum Gasteiger partial charge on any atom is 0.267 e. The first-order valence-corrected chi connectivity index (χ1v) is 9.67. The van der Waals surface area contributed by atoms with Gasteiger partial charge in [-0.1, -0.05) is 6.07 Å². The number of ether oxygens (including phenoxy) is 1. The van der Waals surface area contributed by atoms with E-state index in [1.54, 1.807) is 18.4 Å². The fourth-order valence-corrected chi connectivity index (χ4v) is 3.98. The Hall–Kier alpha value is -2.67. The molecule has 0 aliphatic heterocycles. The van der Waals surface area contributed by atoms with E-state index in [0.717, 1.165) is 0 Å². The summed E-state index contributed by atoms with van der Waals surface area (Å²) >= 11 is 1.32. The van der Waals surface area contributed by atoms with Gasteiger partial charge < -0.3 is 10.1 Å². The van der Waals surface area contributed by atoms with Crippen molar-refractivity contribution in [1.82, 2.24) is 5.32 Å². The Morgan fingerprint density at radius 1 is 1.26 bits per heavy atom. The van der Waals surface area contributed by atoms with Crippen LogP contribution in [-0.4, -0.2) is 30.8 Å². The molecule has 0 fully saturated rings. The van der Waals surface area contributed by atoms with Crippen LogP contribution in [0.5, 0.6) is 0 Å². The zero-order valence-corrected chi connectivity index (χ0v) is 16.1. The summed E-state index contributed by atoms with van der Waals surface area (Å²) in [5.74, 6) is -1.58. The minimum atomic E-state index is -0.709. The first-order chi connectivity index (χ1) is 12.9. The van der Waals surface area contributed by atoms with E-state index >= 15 is 0 Å². The predicted molar refractivity (Wildman–Crippen MR) is 102 cm³/mol. The smallest absolute Gasteiger partial charge is 0.267 e. The highest BCUT2D eigenvalue weighted by Gasteiger charge is 2.34. The molecule has 6 nitrogen and oxygen atoms in total. The van der Waals surface area contributed by atoms with Crippen LogP contribution in [0.2, 0.25) is 0 Å². The van der Waals surface area contributed by atoms with Crippen molar-refractivity contribution >= 4 is 34.8 Å². The van der Waals surface area contributed by atoms with Crippen LogP contribution in [0.1, 0.15) is 36.9 Å². The molecule has 1 aromatic rings. The second-order valence-corrected chi connectivity index (χ2v) is 7.19. The third-order valence-corrected chi connectivity index (χ3v) is 5.45. The molecule has 1 aromatic carbocycles. The summed E-state index contributed by atoms with van der Waals surface area (Å²) in [6.45, 7) is 1.41. The van der Waals surface area contributed by atoms with Crippen molar-refractivity contribution in [2.24, 2.45) is 0 Å². The van der Waals surface area contributed by atoms with Crippen LogP contribution in [0.15, 0.2) is 45.3 Å². The van der Waals surface area contributed by atoms with Gasteiger partial charge in [0.1, 0.15) is 0 Å². The maximum atomic E-state index is 12.6.